The van der Waals surface area contributed by atoms with E-state index >= 15 is 0 Å². The van der Waals surface area contributed by atoms with E-state index in [2.05, 4.69) is 4.98 Å². The molecule has 1 aromatic rings. The molecular weight excluding hydrogens is 230 g/mol. The molecule has 0 amide bonds. The van der Waals surface area contributed by atoms with Crippen LogP contribution in [0.4, 0.5) is 5.82 Å². The average Bonchev–Trinajstić information content (AvgIpc) is 2.38. The van der Waals surface area contributed by atoms with E-state index in [1.165, 1.54) is 0 Å². The Labute approximate surface area is 107 Å². The Hall–Kier alpha value is -1.36. The van der Waals surface area contributed by atoms with E-state index in [0.717, 1.165) is 25.9 Å². The highest BCUT2D eigenvalue weighted by Crippen LogP contribution is 2.19. The molecule has 0 saturated carbocycles. The van der Waals surface area contributed by atoms with Crippen LogP contribution in [0, 0.1) is 5.92 Å². The standard InChI is InChI=1S/C13H21N3O2/c1-10(2)16-7-5-14-12(13(16)18)15-6-3-4-11(8-15)9-17/h5,7,10-11,17H,3-4,6,8-9H2,1-2H3. The fourth-order valence-electron chi connectivity index (χ4n) is 2.44. The van der Waals surface area contributed by atoms with Crippen molar-refractivity contribution < 1.29 is 5.11 Å². The van der Waals surface area contributed by atoms with Crippen LogP contribution in [0.5, 0.6) is 0 Å². The molecular formula is C13H21N3O2. The largest absolute Gasteiger partial charge is 0.396 e. The molecule has 1 N–H and O–H groups in total. The Bertz CT molecular complexity index is 456. The minimum absolute atomic E-state index is 0.0360. The number of nitrogens with zero attached hydrogens (tertiary/aromatic N) is 3. The van der Waals surface area contributed by atoms with Crippen LogP contribution in [0.25, 0.3) is 0 Å². The summed E-state index contributed by atoms with van der Waals surface area (Å²) in [6, 6.07) is 0.137. The summed E-state index contributed by atoms with van der Waals surface area (Å²) in [6.07, 6.45) is 5.43. The van der Waals surface area contributed by atoms with Gasteiger partial charge in [0.1, 0.15) is 0 Å². The van der Waals surface area contributed by atoms with E-state index in [1.807, 2.05) is 18.7 Å². The number of rotatable bonds is 3. The summed E-state index contributed by atoms with van der Waals surface area (Å²) in [5, 5.41) is 9.24. The lowest BCUT2D eigenvalue weighted by Gasteiger charge is -2.32. The summed E-state index contributed by atoms with van der Waals surface area (Å²) in [6.45, 7) is 5.72. The van der Waals surface area contributed by atoms with Gasteiger partial charge in [0, 0.05) is 38.1 Å². The van der Waals surface area contributed by atoms with Crippen LogP contribution in [-0.4, -0.2) is 34.4 Å². The molecule has 1 atom stereocenters. The van der Waals surface area contributed by atoms with Crippen molar-refractivity contribution in [1.82, 2.24) is 9.55 Å². The number of hydrogen-bond acceptors (Lipinski definition) is 4. The molecule has 0 aliphatic carbocycles. The van der Waals surface area contributed by atoms with Gasteiger partial charge in [0.25, 0.3) is 5.56 Å². The second kappa shape index (κ2) is 5.52. The summed E-state index contributed by atoms with van der Waals surface area (Å²) in [5.41, 5.74) is -0.0360. The molecule has 2 rings (SSSR count). The van der Waals surface area contributed by atoms with Gasteiger partial charge in [0.15, 0.2) is 5.82 Å². The van der Waals surface area contributed by atoms with Gasteiger partial charge in [0.05, 0.1) is 0 Å². The Morgan fingerprint density at radius 2 is 2.33 bits per heavy atom. The van der Waals surface area contributed by atoms with Gasteiger partial charge in [-0.05, 0) is 32.6 Å². The first kappa shape index (κ1) is 13.1. The van der Waals surface area contributed by atoms with Gasteiger partial charge in [-0.2, -0.15) is 0 Å². The summed E-state index contributed by atoms with van der Waals surface area (Å²) < 4.78 is 1.70. The molecule has 0 spiro atoms. The summed E-state index contributed by atoms with van der Waals surface area (Å²) in [4.78, 5) is 18.5. The first-order valence-corrected chi connectivity index (χ1v) is 6.56. The van der Waals surface area contributed by atoms with Gasteiger partial charge >= 0.3 is 0 Å². The van der Waals surface area contributed by atoms with E-state index in [1.54, 1.807) is 17.0 Å². The lowest BCUT2D eigenvalue weighted by atomic mass is 9.99. The third kappa shape index (κ3) is 2.56. The van der Waals surface area contributed by atoms with Gasteiger partial charge in [-0.1, -0.05) is 0 Å². The lowest BCUT2D eigenvalue weighted by molar-refractivity contribution is 0.208. The molecule has 5 nitrogen and oxygen atoms in total. The van der Waals surface area contributed by atoms with Crippen molar-refractivity contribution >= 4 is 5.82 Å². The number of hydrogen-bond donors (Lipinski definition) is 1. The molecule has 0 bridgehead atoms. The molecule has 18 heavy (non-hydrogen) atoms. The van der Waals surface area contributed by atoms with Crippen molar-refractivity contribution in [2.45, 2.75) is 32.7 Å². The van der Waals surface area contributed by atoms with Crippen LogP contribution < -0.4 is 10.5 Å². The summed E-state index contributed by atoms with van der Waals surface area (Å²) in [5.74, 6) is 0.775. The molecule has 1 aliphatic heterocycles. The zero-order valence-corrected chi connectivity index (χ0v) is 11.0. The number of anilines is 1. The minimum Gasteiger partial charge on any atom is -0.396 e. The Balaban J connectivity index is 2.28. The second-order valence-electron chi connectivity index (χ2n) is 5.19. The normalized spacial score (nSPS) is 20.4. The molecule has 1 aliphatic rings. The molecule has 1 fully saturated rings. The van der Waals surface area contributed by atoms with Crippen LogP contribution >= 0.6 is 0 Å². The van der Waals surface area contributed by atoms with Crippen LogP contribution in [0.1, 0.15) is 32.7 Å². The first-order chi connectivity index (χ1) is 8.63. The van der Waals surface area contributed by atoms with Gasteiger partial charge in [0.2, 0.25) is 0 Å². The molecule has 100 valence electrons. The lowest BCUT2D eigenvalue weighted by Crippen LogP contribution is -2.41. The van der Waals surface area contributed by atoms with Crippen LogP contribution in [-0.2, 0) is 0 Å². The van der Waals surface area contributed by atoms with Gasteiger partial charge in [-0.25, -0.2) is 4.98 Å². The number of aliphatic hydroxyl groups excluding tert-OH is 1. The smallest absolute Gasteiger partial charge is 0.293 e. The van der Waals surface area contributed by atoms with E-state index in [-0.39, 0.29) is 24.1 Å². The van der Waals surface area contributed by atoms with Gasteiger partial charge in [-0.15, -0.1) is 0 Å². The zero-order valence-electron chi connectivity index (χ0n) is 11.0. The molecule has 0 radical (unpaired) electrons. The molecule has 5 heteroatoms. The molecule has 0 aromatic carbocycles. The highest BCUT2D eigenvalue weighted by Gasteiger charge is 2.22. The van der Waals surface area contributed by atoms with E-state index in [4.69, 9.17) is 0 Å². The number of piperidine rings is 1. The van der Waals surface area contributed by atoms with Crippen LogP contribution in [0.2, 0.25) is 0 Å². The number of aliphatic hydroxyl groups is 1. The number of aromatic nitrogens is 2. The maximum Gasteiger partial charge on any atom is 0.293 e. The van der Waals surface area contributed by atoms with Crippen molar-refractivity contribution in [2.75, 3.05) is 24.6 Å². The zero-order chi connectivity index (χ0) is 13.1. The predicted molar refractivity (Wildman–Crippen MR) is 70.9 cm³/mol. The third-order valence-corrected chi connectivity index (χ3v) is 3.48. The maximum absolute atomic E-state index is 12.3. The molecule has 1 unspecified atom stereocenters. The quantitative estimate of drug-likeness (QED) is 0.872. The Kier molecular flexibility index (Phi) is 4.01. The molecule has 1 aromatic heterocycles. The minimum atomic E-state index is -0.0360. The van der Waals surface area contributed by atoms with Crippen LogP contribution in [0.3, 0.4) is 0 Å². The van der Waals surface area contributed by atoms with Crippen LogP contribution in [0.15, 0.2) is 17.2 Å². The van der Waals surface area contributed by atoms with Gasteiger partial charge < -0.3 is 14.6 Å². The van der Waals surface area contributed by atoms with Crippen molar-refractivity contribution in [3.05, 3.63) is 22.7 Å². The molecule has 1 saturated heterocycles. The van der Waals surface area contributed by atoms with Crippen molar-refractivity contribution in [1.29, 1.82) is 0 Å². The maximum atomic E-state index is 12.3. The SMILES string of the molecule is CC(C)n1ccnc(N2CCCC(CO)C2)c1=O. The monoisotopic (exact) mass is 251 g/mol. The average molecular weight is 251 g/mol. The fraction of sp³-hybridized carbons (Fsp3) is 0.692. The predicted octanol–water partition coefficient (Wildman–Crippen LogP) is 1.03. The first-order valence-electron chi connectivity index (χ1n) is 6.56. The fourth-order valence-corrected chi connectivity index (χ4v) is 2.44. The van der Waals surface area contributed by atoms with Crippen molar-refractivity contribution in [3.63, 3.8) is 0 Å². The highest BCUT2D eigenvalue weighted by atomic mass is 16.3. The topological polar surface area (TPSA) is 58.4 Å². The van der Waals surface area contributed by atoms with Gasteiger partial charge in [-0.3, -0.25) is 4.79 Å². The Morgan fingerprint density at radius 1 is 1.56 bits per heavy atom. The van der Waals surface area contributed by atoms with E-state index in [9.17, 15) is 9.90 Å². The van der Waals surface area contributed by atoms with Crippen molar-refractivity contribution in [2.24, 2.45) is 5.92 Å². The van der Waals surface area contributed by atoms with E-state index in [0.29, 0.717) is 5.82 Å². The third-order valence-electron chi connectivity index (χ3n) is 3.48. The second-order valence-corrected chi connectivity index (χ2v) is 5.19. The highest BCUT2D eigenvalue weighted by molar-refractivity contribution is 5.36. The molecule has 2 heterocycles. The summed E-state index contributed by atoms with van der Waals surface area (Å²) >= 11 is 0. The Morgan fingerprint density at radius 3 is 3.00 bits per heavy atom. The van der Waals surface area contributed by atoms with Crippen molar-refractivity contribution in [3.8, 4) is 0 Å². The summed E-state index contributed by atoms with van der Waals surface area (Å²) in [7, 11) is 0. The van der Waals surface area contributed by atoms with E-state index < -0.39 is 0 Å².